The molecule has 0 aromatic rings. The number of rotatable bonds is 3. The van der Waals surface area contributed by atoms with Gasteiger partial charge in [0.2, 0.25) is 0 Å². The molecule has 0 unspecified atom stereocenters. The van der Waals surface area contributed by atoms with Gasteiger partial charge in [-0.2, -0.15) is 0 Å². The van der Waals surface area contributed by atoms with E-state index in [9.17, 15) is 9.59 Å². The smallest absolute Gasteiger partial charge is 0.317 e. The van der Waals surface area contributed by atoms with E-state index in [4.69, 9.17) is 5.11 Å². The molecule has 2 fully saturated rings. The Morgan fingerprint density at radius 1 is 1.28 bits per heavy atom. The van der Waals surface area contributed by atoms with Crippen molar-refractivity contribution >= 4 is 12.0 Å². The fourth-order valence-electron chi connectivity index (χ4n) is 2.62. The molecule has 1 aliphatic carbocycles. The van der Waals surface area contributed by atoms with Gasteiger partial charge in [-0.1, -0.05) is 0 Å². The second-order valence-electron chi connectivity index (χ2n) is 6.05. The lowest BCUT2D eigenvalue weighted by atomic mass is 9.97. The van der Waals surface area contributed by atoms with E-state index in [-0.39, 0.29) is 11.6 Å². The van der Waals surface area contributed by atoms with Crippen molar-refractivity contribution in [2.75, 3.05) is 13.1 Å². The van der Waals surface area contributed by atoms with E-state index in [0.717, 1.165) is 6.42 Å². The molecule has 2 N–H and O–H groups in total. The monoisotopic (exact) mass is 254 g/mol. The molecule has 0 aromatic carbocycles. The molecule has 1 saturated heterocycles. The molecule has 1 heterocycles. The summed E-state index contributed by atoms with van der Waals surface area (Å²) in [7, 11) is 0. The summed E-state index contributed by atoms with van der Waals surface area (Å²) in [6, 6.07) is -0.113. The molecule has 0 aromatic heterocycles. The second-order valence-corrected chi connectivity index (χ2v) is 6.05. The Morgan fingerprint density at radius 2 is 1.94 bits per heavy atom. The van der Waals surface area contributed by atoms with Gasteiger partial charge in [-0.25, -0.2) is 4.79 Å². The van der Waals surface area contributed by atoms with Crippen LogP contribution in [0.5, 0.6) is 0 Å². The first-order chi connectivity index (χ1) is 8.40. The van der Waals surface area contributed by atoms with Crippen molar-refractivity contribution in [3.8, 4) is 0 Å². The number of carboxylic acids is 1. The Labute approximate surface area is 108 Å². The second kappa shape index (κ2) is 4.78. The predicted molar refractivity (Wildman–Crippen MR) is 67.3 cm³/mol. The summed E-state index contributed by atoms with van der Waals surface area (Å²) in [6.07, 6.45) is 3.79. The van der Waals surface area contributed by atoms with E-state index in [1.807, 2.05) is 13.8 Å². The molecule has 0 spiro atoms. The summed E-state index contributed by atoms with van der Waals surface area (Å²) in [5, 5.41) is 12.1. The summed E-state index contributed by atoms with van der Waals surface area (Å²) in [5.74, 6) is -0.635. The normalized spacial score (nSPS) is 24.8. The fourth-order valence-corrected chi connectivity index (χ4v) is 2.62. The number of carboxylic acid groups (broad SMARTS) is 1. The number of urea groups is 1. The number of aliphatic carboxylic acids is 1. The standard InChI is InChI=1S/C13H22N2O3/c1-13(2,10-5-6-10)14-12(18)15-7-3-4-9(8-15)11(16)17/h9-10H,3-8H2,1-2H3,(H,14,18)(H,16,17)/t9-/m0/s1. The van der Waals surface area contributed by atoms with Gasteiger partial charge in [0.05, 0.1) is 5.92 Å². The minimum atomic E-state index is -0.797. The first-order valence-electron chi connectivity index (χ1n) is 6.70. The van der Waals surface area contributed by atoms with Crippen molar-refractivity contribution in [2.24, 2.45) is 11.8 Å². The molecular formula is C13H22N2O3. The molecule has 5 nitrogen and oxygen atoms in total. The third kappa shape index (κ3) is 2.94. The number of carbonyl (C=O) groups excluding carboxylic acids is 1. The Balaban J connectivity index is 1.90. The van der Waals surface area contributed by atoms with Crippen molar-refractivity contribution in [1.82, 2.24) is 10.2 Å². The number of hydrogen-bond acceptors (Lipinski definition) is 2. The largest absolute Gasteiger partial charge is 0.481 e. The maximum Gasteiger partial charge on any atom is 0.317 e. The zero-order valence-electron chi connectivity index (χ0n) is 11.1. The van der Waals surface area contributed by atoms with E-state index in [0.29, 0.717) is 25.4 Å². The van der Waals surface area contributed by atoms with E-state index in [2.05, 4.69) is 5.32 Å². The zero-order chi connectivity index (χ0) is 13.3. The van der Waals surface area contributed by atoms with Crippen LogP contribution in [0.3, 0.4) is 0 Å². The number of likely N-dealkylation sites (tertiary alicyclic amines) is 1. The van der Waals surface area contributed by atoms with Gasteiger partial charge < -0.3 is 15.3 Å². The van der Waals surface area contributed by atoms with E-state index in [1.54, 1.807) is 4.90 Å². The van der Waals surface area contributed by atoms with Crippen molar-refractivity contribution in [3.63, 3.8) is 0 Å². The van der Waals surface area contributed by atoms with Crippen LogP contribution in [-0.4, -0.2) is 40.6 Å². The number of carbonyl (C=O) groups is 2. The molecule has 1 saturated carbocycles. The van der Waals surface area contributed by atoms with Crippen LogP contribution in [0, 0.1) is 11.8 Å². The number of hydrogen-bond donors (Lipinski definition) is 2. The fraction of sp³-hybridized carbons (Fsp3) is 0.846. The van der Waals surface area contributed by atoms with Gasteiger partial charge in [-0.05, 0) is 45.4 Å². The Morgan fingerprint density at radius 3 is 2.50 bits per heavy atom. The third-order valence-corrected chi connectivity index (χ3v) is 4.08. The molecule has 1 atom stereocenters. The highest BCUT2D eigenvalue weighted by Gasteiger charge is 2.40. The highest BCUT2D eigenvalue weighted by Crippen LogP contribution is 2.39. The Hall–Kier alpha value is -1.26. The van der Waals surface area contributed by atoms with Gasteiger partial charge in [0, 0.05) is 18.6 Å². The highest BCUT2D eigenvalue weighted by atomic mass is 16.4. The van der Waals surface area contributed by atoms with E-state index < -0.39 is 11.9 Å². The van der Waals surface area contributed by atoms with Crippen molar-refractivity contribution in [3.05, 3.63) is 0 Å². The number of amides is 2. The number of nitrogens with one attached hydrogen (secondary N) is 1. The lowest BCUT2D eigenvalue weighted by Crippen LogP contribution is -2.54. The van der Waals surface area contributed by atoms with Crippen LogP contribution in [0.15, 0.2) is 0 Å². The molecule has 2 aliphatic rings. The first kappa shape index (κ1) is 13.2. The van der Waals surface area contributed by atoms with E-state index >= 15 is 0 Å². The SMILES string of the molecule is CC(C)(NC(=O)N1CCC[C@H](C(=O)O)C1)C1CC1. The molecule has 5 heteroatoms. The van der Waals surface area contributed by atoms with Crippen LogP contribution in [0.4, 0.5) is 4.79 Å². The maximum atomic E-state index is 12.1. The predicted octanol–water partition coefficient (Wildman–Crippen LogP) is 1.68. The van der Waals surface area contributed by atoms with Gasteiger partial charge in [0.25, 0.3) is 0 Å². The Kier molecular flexibility index (Phi) is 3.50. The van der Waals surface area contributed by atoms with E-state index in [1.165, 1.54) is 12.8 Å². The van der Waals surface area contributed by atoms with Crippen molar-refractivity contribution in [1.29, 1.82) is 0 Å². The van der Waals surface area contributed by atoms with Gasteiger partial charge in [0.15, 0.2) is 0 Å². The maximum absolute atomic E-state index is 12.1. The quantitative estimate of drug-likeness (QED) is 0.805. The molecule has 18 heavy (non-hydrogen) atoms. The van der Waals surface area contributed by atoms with Crippen LogP contribution >= 0.6 is 0 Å². The number of nitrogens with zero attached hydrogens (tertiary/aromatic N) is 1. The van der Waals surface area contributed by atoms with Crippen LogP contribution < -0.4 is 5.32 Å². The van der Waals surface area contributed by atoms with Crippen LogP contribution in [-0.2, 0) is 4.79 Å². The minimum absolute atomic E-state index is 0.113. The topological polar surface area (TPSA) is 69.6 Å². The lowest BCUT2D eigenvalue weighted by Gasteiger charge is -2.35. The lowest BCUT2D eigenvalue weighted by molar-refractivity contribution is -0.143. The number of piperidine rings is 1. The van der Waals surface area contributed by atoms with Crippen LogP contribution in [0.2, 0.25) is 0 Å². The zero-order valence-corrected chi connectivity index (χ0v) is 11.1. The average molecular weight is 254 g/mol. The van der Waals surface area contributed by atoms with Gasteiger partial charge in [-0.15, -0.1) is 0 Å². The van der Waals surface area contributed by atoms with Gasteiger partial charge in [0.1, 0.15) is 0 Å². The summed E-state index contributed by atoms with van der Waals surface area (Å²) < 4.78 is 0. The summed E-state index contributed by atoms with van der Waals surface area (Å²) in [6.45, 7) is 5.08. The third-order valence-electron chi connectivity index (χ3n) is 4.08. The molecule has 1 aliphatic heterocycles. The summed E-state index contributed by atoms with van der Waals surface area (Å²) in [4.78, 5) is 24.7. The molecule has 102 valence electrons. The molecule has 2 rings (SSSR count). The van der Waals surface area contributed by atoms with Crippen molar-refractivity contribution in [2.45, 2.75) is 45.1 Å². The molecule has 0 radical (unpaired) electrons. The molecular weight excluding hydrogens is 232 g/mol. The van der Waals surface area contributed by atoms with Gasteiger partial charge in [-0.3, -0.25) is 4.79 Å². The summed E-state index contributed by atoms with van der Waals surface area (Å²) in [5.41, 5.74) is -0.173. The Bertz CT molecular complexity index is 350. The molecule has 2 amide bonds. The summed E-state index contributed by atoms with van der Waals surface area (Å²) >= 11 is 0. The first-order valence-corrected chi connectivity index (χ1v) is 6.70. The van der Waals surface area contributed by atoms with Crippen molar-refractivity contribution < 1.29 is 14.7 Å². The van der Waals surface area contributed by atoms with Crippen LogP contribution in [0.1, 0.15) is 39.5 Å². The average Bonchev–Trinajstić information content (AvgIpc) is 3.12. The van der Waals surface area contributed by atoms with Gasteiger partial charge >= 0.3 is 12.0 Å². The highest BCUT2D eigenvalue weighted by molar-refractivity contribution is 5.77. The van der Waals surface area contributed by atoms with Crippen LogP contribution in [0.25, 0.3) is 0 Å². The molecule has 0 bridgehead atoms. The minimum Gasteiger partial charge on any atom is -0.481 e.